The molecule has 2 saturated heterocycles. The van der Waals surface area contributed by atoms with Crippen molar-refractivity contribution in [3.63, 3.8) is 0 Å². The Morgan fingerprint density at radius 3 is 1.66 bits per heavy atom. The Hall–Kier alpha value is -6.96. The smallest absolute Gasteiger partial charge is 0.408 e. The number of benzene rings is 4. The standard InChI is InChI=1S/C51H59N7O7/c1-50(2,3)64-48(62)55-42(37-15-9-7-10-16-37)46(60)57-29-13-19-40(57)44-52-32-39(54-44)36-27-25-35(26-28-36)34-23-21-33(22-24-34)31-53-45(59)41-20-14-30-58(41)47(61)43(38-17-11-8-12-18-38)56-49(63)65-51(4,5)6/h7-12,15-18,21-28,32,40-43H,13-14,19-20,29-31H2,1-6H3,(H,52,54)(H,53,59)(H,55,62)(H,56,63). The number of rotatable bonds is 12. The minimum absolute atomic E-state index is 0.226. The summed E-state index contributed by atoms with van der Waals surface area (Å²) in [6.07, 6.45) is 3.13. The third-order valence-electron chi connectivity index (χ3n) is 11.3. The minimum Gasteiger partial charge on any atom is -0.444 e. The predicted octanol–water partition coefficient (Wildman–Crippen LogP) is 8.55. The molecular formula is C51H59N7O7. The summed E-state index contributed by atoms with van der Waals surface area (Å²) in [6.45, 7) is 11.8. The van der Waals surface area contributed by atoms with E-state index in [1.54, 1.807) is 81.8 Å². The van der Waals surface area contributed by atoms with E-state index in [1.807, 2.05) is 84.9 Å². The minimum atomic E-state index is -1.01. The number of alkyl carbamates (subject to hydrolysis) is 2. The molecule has 65 heavy (non-hydrogen) atoms. The highest BCUT2D eigenvalue weighted by atomic mass is 16.6. The third kappa shape index (κ3) is 11.8. The van der Waals surface area contributed by atoms with Crippen LogP contribution in [0.3, 0.4) is 0 Å². The number of aromatic amines is 1. The van der Waals surface area contributed by atoms with Gasteiger partial charge in [-0.1, -0.05) is 109 Å². The molecule has 0 aliphatic carbocycles. The van der Waals surface area contributed by atoms with E-state index in [0.29, 0.717) is 42.9 Å². The number of imidazole rings is 1. The lowest BCUT2D eigenvalue weighted by Crippen LogP contribution is -2.50. The Labute approximate surface area is 380 Å². The van der Waals surface area contributed by atoms with Gasteiger partial charge in [0, 0.05) is 19.6 Å². The summed E-state index contributed by atoms with van der Waals surface area (Å²) < 4.78 is 11.0. The zero-order valence-electron chi connectivity index (χ0n) is 37.9. The lowest BCUT2D eigenvalue weighted by molar-refractivity contribution is -0.140. The van der Waals surface area contributed by atoms with Crippen LogP contribution in [0.15, 0.2) is 115 Å². The van der Waals surface area contributed by atoms with Gasteiger partial charge in [0.05, 0.1) is 17.9 Å². The molecule has 5 amide bonds. The van der Waals surface area contributed by atoms with Crippen LogP contribution in [0.25, 0.3) is 22.4 Å². The van der Waals surface area contributed by atoms with Gasteiger partial charge in [-0.25, -0.2) is 14.6 Å². The van der Waals surface area contributed by atoms with Crippen molar-refractivity contribution < 1.29 is 33.4 Å². The first-order valence-corrected chi connectivity index (χ1v) is 22.3. The lowest BCUT2D eigenvalue weighted by atomic mass is 10.0. The first-order valence-electron chi connectivity index (χ1n) is 22.3. The molecule has 7 rings (SSSR count). The van der Waals surface area contributed by atoms with Gasteiger partial charge in [-0.3, -0.25) is 14.4 Å². The van der Waals surface area contributed by atoms with Crippen molar-refractivity contribution in [1.29, 1.82) is 0 Å². The van der Waals surface area contributed by atoms with Crippen LogP contribution < -0.4 is 16.0 Å². The van der Waals surface area contributed by atoms with Crippen LogP contribution in [-0.4, -0.2) is 80.0 Å². The van der Waals surface area contributed by atoms with Gasteiger partial charge in [-0.05, 0) is 101 Å². The SMILES string of the molecule is CC(C)(C)OC(=O)NC(C(=O)N1CCCC1C(=O)NCc1ccc(-c2ccc(-c3cnc(C4CCCN4C(=O)C(NC(=O)OC(C)(C)C)c4ccccc4)[nH]3)cc2)cc1)c1ccccc1. The van der Waals surface area contributed by atoms with Crippen molar-refractivity contribution in [1.82, 2.24) is 35.7 Å². The fraction of sp³-hybridized carbons (Fsp3) is 0.373. The summed E-state index contributed by atoms with van der Waals surface area (Å²) in [5, 5.41) is 8.56. The second-order valence-electron chi connectivity index (χ2n) is 18.5. The molecule has 340 valence electrons. The molecule has 4 aromatic carbocycles. The summed E-state index contributed by atoms with van der Waals surface area (Å²) in [5.74, 6) is -0.157. The summed E-state index contributed by atoms with van der Waals surface area (Å²) in [6, 6.07) is 31.4. The molecule has 3 heterocycles. The van der Waals surface area contributed by atoms with Crippen LogP contribution >= 0.6 is 0 Å². The zero-order valence-corrected chi connectivity index (χ0v) is 37.9. The molecule has 4 N–H and O–H groups in total. The summed E-state index contributed by atoms with van der Waals surface area (Å²) >= 11 is 0. The second kappa shape index (κ2) is 19.8. The van der Waals surface area contributed by atoms with Gasteiger partial charge in [-0.2, -0.15) is 0 Å². The van der Waals surface area contributed by atoms with Gasteiger partial charge in [0.15, 0.2) is 0 Å². The van der Waals surface area contributed by atoms with Gasteiger partial charge >= 0.3 is 12.2 Å². The zero-order chi connectivity index (χ0) is 46.3. The topological polar surface area (TPSA) is 175 Å². The predicted molar refractivity (Wildman–Crippen MR) is 247 cm³/mol. The first-order chi connectivity index (χ1) is 31.0. The highest BCUT2D eigenvalue weighted by Gasteiger charge is 2.40. The van der Waals surface area contributed by atoms with Gasteiger partial charge in [-0.15, -0.1) is 0 Å². The van der Waals surface area contributed by atoms with E-state index in [9.17, 15) is 24.0 Å². The molecule has 0 bridgehead atoms. The number of H-pyrrole nitrogens is 1. The fourth-order valence-electron chi connectivity index (χ4n) is 8.28. The van der Waals surface area contributed by atoms with Crippen molar-refractivity contribution in [2.75, 3.05) is 13.1 Å². The van der Waals surface area contributed by atoms with Gasteiger partial charge in [0.2, 0.25) is 5.91 Å². The molecular weight excluding hydrogens is 823 g/mol. The average molecular weight is 882 g/mol. The summed E-state index contributed by atoms with van der Waals surface area (Å²) in [5.41, 5.74) is 4.48. The van der Waals surface area contributed by atoms with Crippen LogP contribution in [0.5, 0.6) is 0 Å². The van der Waals surface area contributed by atoms with E-state index in [1.165, 1.54) is 0 Å². The molecule has 0 spiro atoms. The molecule has 2 aliphatic rings. The van der Waals surface area contributed by atoms with Crippen molar-refractivity contribution >= 4 is 29.9 Å². The van der Waals surface area contributed by atoms with Crippen LogP contribution in [0.4, 0.5) is 9.59 Å². The van der Waals surface area contributed by atoms with Gasteiger partial charge < -0.3 is 40.2 Å². The van der Waals surface area contributed by atoms with Gasteiger partial charge in [0.1, 0.15) is 35.2 Å². The Bertz CT molecular complexity index is 2440. The fourth-order valence-corrected chi connectivity index (χ4v) is 8.28. The number of likely N-dealkylation sites (tertiary alicyclic amines) is 2. The van der Waals surface area contributed by atoms with Crippen LogP contribution in [0, 0.1) is 0 Å². The number of nitrogens with zero attached hydrogens (tertiary/aromatic N) is 3. The number of amides is 5. The van der Waals surface area contributed by atoms with Crippen LogP contribution in [0.1, 0.15) is 108 Å². The van der Waals surface area contributed by atoms with Crippen molar-refractivity contribution in [3.05, 3.63) is 138 Å². The number of nitrogens with one attached hydrogen (secondary N) is 4. The average Bonchev–Trinajstić information content (AvgIpc) is 4.08. The van der Waals surface area contributed by atoms with Crippen molar-refractivity contribution in [3.8, 4) is 22.4 Å². The van der Waals surface area contributed by atoms with E-state index >= 15 is 0 Å². The van der Waals surface area contributed by atoms with E-state index in [0.717, 1.165) is 40.8 Å². The molecule has 0 saturated carbocycles. The largest absolute Gasteiger partial charge is 0.444 e. The number of ether oxygens (including phenoxy) is 2. The Kier molecular flexibility index (Phi) is 14.0. The number of carbonyl (C=O) groups excluding carboxylic acids is 5. The van der Waals surface area contributed by atoms with E-state index in [2.05, 4.69) is 20.9 Å². The summed E-state index contributed by atoms with van der Waals surface area (Å²) in [7, 11) is 0. The highest BCUT2D eigenvalue weighted by molar-refractivity contribution is 5.92. The Balaban J connectivity index is 0.957. The Morgan fingerprint density at radius 2 is 1.12 bits per heavy atom. The lowest BCUT2D eigenvalue weighted by Gasteiger charge is -2.29. The van der Waals surface area contributed by atoms with Crippen LogP contribution in [0.2, 0.25) is 0 Å². The number of hydrogen-bond acceptors (Lipinski definition) is 8. The molecule has 5 aromatic rings. The Morgan fingerprint density at radius 1 is 0.646 bits per heavy atom. The molecule has 0 radical (unpaired) electrons. The third-order valence-corrected chi connectivity index (χ3v) is 11.3. The molecule has 2 aliphatic heterocycles. The quantitative estimate of drug-likeness (QED) is 0.0965. The number of aromatic nitrogens is 2. The second-order valence-corrected chi connectivity index (χ2v) is 18.5. The molecule has 1 aromatic heterocycles. The van der Waals surface area contributed by atoms with E-state index in [-0.39, 0.29) is 30.3 Å². The number of carbonyl (C=O) groups is 5. The molecule has 14 heteroatoms. The maximum absolute atomic E-state index is 14.1. The van der Waals surface area contributed by atoms with Crippen molar-refractivity contribution in [2.45, 2.75) is 109 Å². The first kappa shape index (κ1) is 46.0. The molecule has 2 fully saturated rings. The van der Waals surface area contributed by atoms with Gasteiger partial charge in [0.25, 0.3) is 11.8 Å². The normalized spacial score (nSPS) is 17.2. The monoisotopic (exact) mass is 881 g/mol. The maximum Gasteiger partial charge on any atom is 0.408 e. The van der Waals surface area contributed by atoms with E-state index < -0.39 is 41.5 Å². The number of hydrogen-bond donors (Lipinski definition) is 4. The molecule has 14 nitrogen and oxygen atoms in total. The van der Waals surface area contributed by atoms with Crippen molar-refractivity contribution in [2.24, 2.45) is 0 Å². The highest BCUT2D eigenvalue weighted by Crippen LogP contribution is 2.35. The van der Waals surface area contributed by atoms with Crippen LogP contribution in [-0.2, 0) is 30.4 Å². The van der Waals surface area contributed by atoms with E-state index in [4.69, 9.17) is 14.5 Å². The maximum atomic E-state index is 14.1. The summed E-state index contributed by atoms with van der Waals surface area (Å²) in [4.78, 5) is 78.8. The molecule has 4 unspecified atom stereocenters. The molecule has 4 atom stereocenters.